The first-order chi connectivity index (χ1) is 18.7. The number of fused-ring (bicyclic) bond motifs is 14. The molecule has 5 heteroatoms. The number of hydrogen-bond acceptors (Lipinski definition) is 3. The molecule has 0 radical (unpaired) electrons. The second-order valence-corrected chi connectivity index (χ2v) is 12.0. The molecular weight excluding hydrogens is 482 g/mol. The van der Waals surface area contributed by atoms with Gasteiger partial charge in [0.25, 0.3) is 6.33 Å². The van der Waals surface area contributed by atoms with E-state index in [0.29, 0.717) is 5.92 Å². The molecule has 8 rings (SSSR count). The van der Waals surface area contributed by atoms with Crippen molar-refractivity contribution in [3.63, 3.8) is 0 Å². The monoisotopic (exact) mass is 514 g/mol. The Balaban J connectivity index is 1.64. The van der Waals surface area contributed by atoms with E-state index in [2.05, 4.69) is 111 Å². The molecule has 0 amide bonds. The second kappa shape index (κ2) is 7.04. The summed E-state index contributed by atoms with van der Waals surface area (Å²) in [6, 6.07) is 24.0. The van der Waals surface area contributed by atoms with Gasteiger partial charge in [0.2, 0.25) is 11.3 Å². The molecule has 3 unspecified atom stereocenters. The summed E-state index contributed by atoms with van der Waals surface area (Å²) >= 11 is 0. The zero-order chi connectivity index (χ0) is 27.1. The highest BCUT2D eigenvalue weighted by Gasteiger charge is 2.91. The van der Waals surface area contributed by atoms with Gasteiger partial charge in [-0.05, 0) is 58.1 Å². The number of aromatic nitrogens is 3. The van der Waals surface area contributed by atoms with Gasteiger partial charge in [-0.2, -0.15) is 0 Å². The highest BCUT2D eigenvalue weighted by molar-refractivity contribution is 6.19. The van der Waals surface area contributed by atoms with Crippen molar-refractivity contribution < 1.29 is 14.4 Å². The zero-order valence-electron chi connectivity index (χ0n) is 23.2. The van der Waals surface area contributed by atoms with Crippen LogP contribution in [-0.2, 0) is 22.7 Å². The molecule has 1 saturated carbocycles. The number of nitrogens with zero attached hydrogens (tertiary/aromatic N) is 3. The van der Waals surface area contributed by atoms with Crippen LogP contribution in [0.15, 0.2) is 73.1 Å². The molecule has 3 heterocycles. The Labute approximate surface area is 227 Å². The predicted octanol–water partition coefficient (Wildman–Crippen LogP) is 6.45. The molecule has 0 saturated heterocycles. The summed E-state index contributed by atoms with van der Waals surface area (Å²) in [6.07, 6.45) is 1.93. The van der Waals surface area contributed by atoms with Crippen molar-refractivity contribution in [1.82, 2.24) is 9.55 Å². The third-order valence-electron chi connectivity index (χ3n) is 10.3. The lowest BCUT2D eigenvalue weighted by atomic mass is 9.78. The molecule has 39 heavy (non-hydrogen) atoms. The number of aryl methyl sites for hydroxylation is 1. The average Bonchev–Trinajstić information content (AvgIpc) is 3.19. The summed E-state index contributed by atoms with van der Waals surface area (Å²) in [5, 5.41) is 18.2. The number of methoxy groups -OCH3 is 1. The summed E-state index contributed by atoms with van der Waals surface area (Å²) < 4.78 is 10.5. The van der Waals surface area contributed by atoms with E-state index in [1.807, 2.05) is 6.33 Å². The third kappa shape index (κ3) is 2.30. The maximum atomic E-state index is 12.2. The molecule has 1 aliphatic heterocycles. The minimum absolute atomic E-state index is 0.333. The Bertz CT molecular complexity index is 2060. The van der Waals surface area contributed by atoms with Crippen LogP contribution in [0.3, 0.4) is 0 Å². The topological polar surface area (TPSA) is 51.2 Å². The van der Waals surface area contributed by atoms with E-state index in [1.54, 1.807) is 7.11 Å². The molecule has 194 valence electrons. The fourth-order valence-corrected chi connectivity index (χ4v) is 8.08. The Kier molecular flexibility index (Phi) is 4.17. The van der Waals surface area contributed by atoms with Gasteiger partial charge in [-0.3, -0.25) is 0 Å². The number of benzene rings is 4. The van der Waals surface area contributed by atoms with Gasteiger partial charge in [-0.15, -0.1) is 0 Å². The first-order valence-electron chi connectivity index (χ1n) is 13.8. The van der Waals surface area contributed by atoms with Gasteiger partial charge < -0.3 is 14.4 Å². The summed E-state index contributed by atoms with van der Waals surface area (Å²) in [6.45, 7) is 8.74. The van der Waals surface area contributed by atoms with Crippen LogP contribution in [0.2, 0.25) is 0 Å². The largest absolute Gasteiger partial charge is 0.361 e. The van der Waals surface area contributed by atoms with Crippen molar-refractivity contribution >= 4 is 43.5 Å². The third-order valence-corrected chi connectivity index (χ3v) is 10.3. The van der Waals surface area contributed by atoms with E-state index in [9.17, 15) is 5.11 Å². The standard InChI is InChI=1S/C34H32N3O2/c1-19(2)25-17-26-27(23-14-10-9-13-22(23)25)30-31-28(35-18-37(30)33(4)32(26,3)34(33,38)39-6)24-16-15-20-11-7-8-12-21(20)29(24)36(31)5/h7-19,38H,1-6H3/q+1. The summed E-state index contributed by atoms with van der Waals surface area (Å²) in [5.41, 5.74) is 6.51. The molecule has 1 aliphatic carbocycles. The minimum atomic E-state index is -1.38. The number of rotatable bonds is 2. The summed E-state index contributed by atoms with van der Waals surface area (Å²) in [7, 11) is 3.77. The second-order valence-electron chi connectivity index (χ2n) is 12.0. The van der Waals surface area contributed by atoms with E-state index in [0.717, 1.165) is 33.2 Å². The SMILES string of the molecule is COC1(O)C2(C)c3cc(C(C)C)c4ccccc4c3-c3c4c(nc[n+]3C12C)c1ccc2ccccc2c1n4C. The Morgan fingerprint density at radius 2 is 1.59 bits per heavy atom. The summed E-state index contributed by atoms with van der Waals surface area (Å²) in [5.74, 6) is -1.05. The number of aliphatic hydroxyl groups is 1. The highest BCUT2D eigenvalue weighted by atomic mass is 16.6. The van der Waals surface area contributed by atoms with E-state index in [4.69, 9.17) is 9.72 Å². The van der Waals surface area contributed by atoms with Gasteiger partial charge in [0.05, 0.1) is 10.9 Å². The van der Waals surface area contributed by atoms with E-state index < -0.39 is 16.7 Å². The fraction of sp³-hybridized carbons (Fsp3) is 0.294. The molecule has 1 fully saturated rings. The van der Waals surface area contributed by atoms with Gasteiger partial charge in [0.15, 0.2) is 11.2 Å². The molecule has 0 bridgehead atoms. The summed E-state index contributed by atoms with van der Waals surface area (Å²) in [4.78, 5) is 5.08. The van der Waals surface area contributed by atoms with Crippen LogP contribution >= 0.6 is 0 Å². The normalized spacial score (nSPS) is 25.4. The molecule has 4 aromatic carbocycles. The van der Waals surface area contributed by atoms with Crippen molar-refractivity contribution in [2.75, 3.05) is 7.11 Å². The van der Waals surface area contributed by atoms with E-state index in [-0.39, 0.29) is 0 Å². The van der Waals surface area contributed by atoms with Crippen molar-refractivity contribution in [1.29, 1.82) is 0 Å². The molecule has 3 atom stereocenters. The first kappa shape index (κ1) is 23.1. The van der Waals surface area contributed by atoms with Crippen molar-refractivity contribution in [2.24, 2.45) is 7.05 Å². The molecule has 2 aromatic heterocycles. The Morgan fingerprint density at radius 1 is 0.897 bits per heavy atom. The van der Waals surface area contributed by atoms with Crippen LogP contribution in [0.5, 0.6) is 0 Å². The number of hydrogen-bond donors (Lipinski definition) is 1. The molecule has 5 nitrogen and oxygen atoms in total. The van der Waals surface area contributed by atoms with Gasteiger partial charge >= 0.3 is 0 Å². The van der Waals surface area contributed by atoms with E-state index >= 15 is 0 Å². The highest BCUT2D eigenvalue weighted by Crippen LogP contribution is 2.72. The predicted molar refractivity (Wildman–Crippen MR) is 156 cm³/mol. The van der Waals surface area contributed by atoms with Crippen LogP contribution in [0, 0.1) is 0 Å². The first-order valence-corrected chi connectivity index (χ1v) is 13.8. The maximum absolute atomic E-state index is 12.2. The van der Waals surface area contributed by atoms with Crippen molar-refractivity contribution in [3.05, 3.63) is 84.2 Å². The maximum Gasteiger partial charge on any atom is 0.288 e. The Morgan fingerprint density at radius 3 is 2.31 bits per heavy atom. The van der Waals surface area contributed by atoms with Crippen LogP contribution in [0.25, 0.3) is 54.7 Å². The lowest BCUT2D eigenvalue weighted by Gasteiger charge is -2.29. The zero-order valence-corrected chi connectivity index (χ0v) is 23.2. The molecule has 0 spiro atoms. The number of ether oxygens (including phenoxy) is 1. The minimum Gasteiger partial charge on any atom is -0.361 e. The van der Waals surface area contributed by atoms with Gasteiger partial charge in [-0.1, -0.05) is 74.5 Å². The van der Waals surface area contributed by atoms with E-state index in [1.165, 1.54) is 32.6 Å². The van der Waals surface area contributed by atoms with Gasteiger partial charge in [-0.25, -0.2) is 4.57 Å². The smallest absolute Gasteiger partial charge is 0.288 e. The fourth-order valence-electron chi connectivity index (χ4n) is 8.08. The van der Waals surface area contributed by atoms with Crippen molar-refractivity contribution in [3.8, 4) is 11.3 Å². The van der Waals surface area contributed by atoms with Crippen LogP contribution in [-0.4, -0.2) is 27.6 Å². The molecule has 1 N–H and O–H groups in total. The quantitative estimate of drug-likeness (QED) is 0.214. The molecule has 6 aromatic rings. The lowest BCUT2D eigenvalue weighted by molar-refractivity contribution is -0.743. The average molecular weight is 515 g/mol. The molecule has 2 aliphatic rings. The molecular formula is C34H32N3O2+. The van der Waals surface area contributed by atoms with Crippen molar-refractivity contribution in [2.45, 2.75) is 50.4 Å². The van der Waals surface area contributed by atoms with Crippen LogP contribution < -0.4 is 4.57 Å². The van der Waals surface area contributed by atoms with Gasteiger partial charge in [0, 0.05) is 25.1 Å². The van der Waals surface area contributed by atoms with Gasteiger partial charge in [0.1, 0.15) is 10.9 Å². The van der Waals surface area contributed by atoms with Crippen LogP contribution in [0.4, 0.5) is 0 Å². The lowest BCUT2D eigenvalue weighted by Crippen LogP contribution is -2.55. The Hall–Kier alpha value is -3.80. The van der Waals surface area contributed by atoms with Crippen LogP contribution in [0.1, 0.15) is 44.7 Å².